The van der Waals surface area contributed by atoms with Crippen LogP contribution in [-0.4, -0.2) is 61.6 Å². The fraction of sp³-hybridized carbons (Fsp3) is 0.276. The summed E-state index contributed by atoms with van der Waals surface area (Å²) < 4.78 is 32.3. The minimum absolute atomic E-state index is 0.0902. The number of hydrogen-bond acceptors (Lipinski definition) is 7. The van der Waals surface area contributed by atoms with Gasteiger partial charge in [0.1, 0.15) is 17.5 Å². The van der Waals surface area contributed by atoms with Gasteiger partial charge in [-0.15, -0.1) is 11.8 Å². The van der Waals surface area contributed by atoms with Gasteiger partial charge in [-0.1, -0.05) is 18.2 Å². The molecule has 42 heavy (non-hydrogen) atoms. The Bertz CT molecular complexity index is 1820. The van der Waals surface area contributed by atoms with E-state index in [1.807, 2.05) is 11.1 Å². The highest BCUT2D eigenvalue weighted by molar-refractivity contribution is 7.99. The van der Waals surface area contributed by atoms with Crippen LogP contribution in [0.2, 0.25) is 5.02 Å². The van der Waals surface area contributed by atoms with E-state index < -0.39 is 23.4 Å². The second-order valence-corrected chi connectivity index (χ2v) is 11.5. The molecule has 4 heterocycles. The van der Waals surface area contributed by atoms with Crippen molar-refractivity contribution in [2.45, 2.75) is 29.9 Å². The summed E-state index contributed by atoms with van der Waals surface area (Å²) >= 11 is 8.29. The van der Waals surface area contributed by atoms with E-state index in [0.29, 0.717) is 52.6 Å². The summed E-state index contributed by atoms with van der Waals surface area (Å²) in [7, 11) is 0. The lowest BCUT2D eigenvalue weighted by Gasteiger charge is -2.41. The lowest BCUT2D eigenvalue weighted by atomic mass is 10.0. The summed E-state index contributed by atoms with van der Waals surface area (Å²) in [6.45, 7) is 4.91. The minimum Gasteiger partial charge on any atom is -0.352 e. The molecule has 13 heteroatoms. The molecule has 2 aliphatic rings. The molecule has 1 unspecified atom stereocenters. The predicted molar refractivity (Wildman–Crippen MR) is 156 cm³/mol. The van der Waals surface area contributed by atoms with Crippen LogP contribution >= 0.6 is 23.4 Å². The van der Waals surface area contributed by atoms with E-state index in [1.165, 1.54) is 30.0 Å². The zero-order chi connectivity index (χ0) is 29.5. The Labute approximate surface area is 248 Å². The third-order valence-corrected chi connectivity index (χ3v) is 9.14. The van der Waals surface area contributed by atoms with E-state index in [9.17, 15) is 19.2 Å². The number of nitrogens with zero attached hydrogens (tertiary/aromatic N) is 7. The number of anilines is 1. The second kappa shape index (κ2) is 11.2. The molecular weight excluding hydrogens is 584 g/mol. The molecule has 0 radical (unpaired) electrons. The minimum atomic E-state index is -0.766. The summed E-state index contributed by atoms with van der Waals surface area (Å²) in [4.78, 5) is 34.9. The van der Waals surface area contributed by atoms with Gasteiger partial charge in [0, 0.05) is 65.3 Å². The molecule has 0 aliphatic carbocycles. The Morgan fingerprint density at radius 1 is 1.26 bits per heavy atom. The van der Waals surface area contributed by atoms with Gasteiger partial charge in [0.15, 0.2) is 0 Å². The Balaban J connectivity index is 1.55. The van der Waals surface area contributed by atoms with Gasteiger partial charge >= 0.3 is 5.69 Å². The number of aromatic nitrogens is 4. The van der Waals surface area contributed by atoms with Gasteiger partial charge < -0.3 is 9.80 Å². The van der Waals surface area contributed by atoms with Gasteiger partial charge in [-0.05, 0) is 30.3 Å². The zero-order valence-electron chi connectivity index (χ0n) is 22.2. The number of halogens is 3. The summed E-state index contributed by atoms with van der Waals surface area (Å²) in [5, 5.41) is 14.5. The Kier molecular flexibility index (Phi) is 7.47. The molecule has 9 nitrogen and oxygen atoms in total. The smallest absolute Gasteiger partial charge is 0.350 e. The number of thioether (sulfide) groups is 1. The number of hydrogen-bond donors (Lipinski definition) is 0. The standard InChI is InChI=1S/C29H24ClF2N7O2S/c1-2-24(40)38-11-10-36(14-18(38)6-7-33)28-21-13-22(30)25(20-5-4-17(31)12-23(20)32)27-26(21)39(29(41)35-28)19(16-42-27)15-37-9-3-8-34-37/h2-5,8-9,12-13,18-19H,1,6,10-11,14-16H2/t18-,19?/m0/s1. The molecule has 1 amide bonds. The van der Waals surface area contributed by atoms with Crippen molar-refractivity contribution in [3.63, 3.8) is 0 Å². The van der Waals surface area contributed by atoms with Gasteiger partial charge in [0.2, 0.25) is 5.91 Å². The van der Waals surface area contributed by atoms with Crippen LogP contribution in [0.1, 0.15) is 12.5 Å². The molecule has 2 aromatic heterocycles. The van der Waals surface area contributed by atoms with Crippen LogP contribution in [0.5, 0.6) is 0 Å². The van der Waals surface area contributed by atoms with Crippen LogP contribution in [0.25, 0.3) is 22.0 Å². The highest BCUT2D eigenvalue weighted by Crippen LogP contribution is 2.48. The highest BCUT2D eigenvalue weighted by Gasteiger charge is 2.34. The first-order valence-corrected chi connectivity index (χ1v) is 14.6. The lowest BCUT2D eigenvalue weighted by Crippen LogP contribution is -2.55. The van der Waals surface area contributed by atoms with Crippen LogP contribution in [-0.2, 0) is 11.3 Å². The van der Waals surface area contributed by atoms with Gasteiger partial charge in [0.05, 0.1) is 41.7 Å². The van der Waals surface area contributed by atoms with E-state index in [4.69, 9.17) is 11.6 Å². The van der Waals surface area contributed by atoms with E-state index in [1.54, 1.807) is 32.5 Å². The molecule has 2 atom stereocenters. The van der Waals surface area contributed by atoms with Crippen molar-refractivity contribution in [1.29, 1.82) is 5.26 Å². The average Bonchev–Trinajstić information content (AvgIpc) is 3.49. The molecule has 0 saturated carbocycles. The van der Waals surface area contributed by atoms with E-state index >= 15 is 4.39 Å². The van der Waals surface area contributed by atoms with Crippen LogP contribution in [0.3, 0.4) is 0 Å². The van der Waals surface area contributed by atoms with Crippen LogP contribution in [0, 0.1) is 23.0 Å². The van der Waals surface area contributed by atoms with E-state index in [2.05, 4.69) is 22.7 Å². The van der Waals surface area contributed by atoms with Gasteiger partial charge in [0.25, 0.3) is 0 Å². The number of piperazine rings is 1. The molecule has 0 bridgehead atoms. The van der Waals surface area contributed by atoms with Gasteiger partial charge in [-0.2, -0.15) is 15.3 Å². The molecule has 4 aromatic rings. The van der Waals surface area contributed by atoms with Crippen molar-refractivity contribution in [2.75, 3.05) is 30.3 Å². The first-order chi connectivity index (χ1) is 20.3. The number of rotatable bonds is 6. The van der Waals surface area contributed by atoms with Crippen molar-refractivity contribution >= 4 is 46.0 Å². The van der Waals surface area contributed by atoms with Crippen molar-refractivity contribution in [1.82, 2.24) is 24.2 Å². The summed E-state index contributed by atoms with van der Waals surface area (Å²) in [6.07, 6.45) is 4.78. The summed E-state index contributed by atoms with van der Waals surface area (Å²) in [5.41, 5.74) is 0.547. The number of amides is 1. The normalized spacial score (nSPS) is 18.2. The van der Waals surface area contributed by atoms with Gasteiger partial charge in [-0.25, -0.2) is 13.6 Å². The third kappa shape index (κ3) is 4.82. The molecule has 6 rings (SSSR count). The van der Waals surface area contributed by atoms with Crippen LogP contribution in [0.4, 0.5) is 14.6 Å². The summed E-state index contributed by atoms with van der Waals surface area (Å²) in [6, 6.07) is 8.16. The number of carbonyl (C=O) groups excluding carboxylic acids is 1. The molecule has 0 spiro atoms. The quantitative estimate of drug-likeness (QED) is 0.294. The maximum absolute atomic E-state index is 15.1. The van der Waals surface area contributed by atoms with Crippen molar-refractivity contribution in [2.24, 2.45) is 0 Å². The molecule has 1 fully saturated rings. The average molecular weight is 608 g/mol. The van der Waals surface area contributed by atoms with Gasteiger partial charge in [-0.3, -0.25) is 14.0 Å². The SMILES string of the molecule is C=CC(=O)N1CCN(c2nc(=O)n3c4c(c(-c5ccc(F)cc5F)c(Cl)cc24)SCC3Cn2cccn2)C[C@@H]1CC#N. The first kappa shape index (κ1) is 27.9. The first-order valence-electron chi connectivity index (χ1n) is 13.2. The second-order valence-electron chi connectivity index (χ2n) is 10.1. The zero-order valence-corrected chi connectivity index (χ0v) is 23.8. The fourth-order valence-electron chi connectivity index (χ4n) is 5.74. The maximum Gasteiger partial charge on any atom is 0.350 e. The monoisotopic (exact) mass is 607 g/mol. The van der Waals surface area contributed by atoms with E-state index in [-0.39, 0.29) is 35.5 Å². The number of carbonyl (C=O) groups is 1. The lowest BCUT2D eigenvalue weighted by molar-refractivity contribution is -0.128. The summed E-state index contributed by atoms with van der Waals surface area (Å²) in [5.74, 6) is -0.914. The fourth-order valence-corrected chi connectivity index (χ4v) is 7.42. The van der Waals surface area contributed by atoms with Crippen LogP contribution in [0.15, 0.2) is 65.1 Å². The molecule has 2 aromatic carbocycles. The largest absolute Gasteiger partial charge is 0.352 e. The molecule has 1 saturated heterocycles. The topological polar surface area (TPSA) is 100 Å². The van der Waals surface area contributed by atoms with Crippen molar-refractivity contribution in [3.05, 3.63) is 82.5 Å². The Hall–Kier alpha value is -4.21. The Morgan fingerprint density at radius 3 is 2.81 bits per heavy atom. The molecule has 2 aliphatic heterocycles. The van der Waals surface area contributed by atoms with Crippen molar-refractivity contribution in [3.8, 4) is 17.2 Å². The Morgan fingerprint density at radius 2 is 2.10 bits per heavy atom. The predicted octanol–water partition coefficient (Wildman–Crippen LogP) is 4.66. The van der Waals surface area contributed by atoms with Crippen molar-refractivity contribution < 1.29 is 13.6 Å². The maximum atomic E-state index is 15.1. The molecule has 214 valence electrons. The number of nitriles is 1. The number of benzene rings is 2. The molecule has 0 N–H and O–H groups in total. The van der Waals surface area contributed by atoms with E-state index in [0.717, 1.165) is 6.07 Å². The molecular formula is C29H24ClF2N7O2S. The highest BCUT2D eigenvalue weighted by atomic mass is 35.5. The third-order valence-electron chi connectivity index (χ3n) is 7.61. The van der Waals surface area contributed by atoms with Crippen LogP contribution < -0.4 is 10.6 Å².